The number of carbonyl (C=O) groups is 1. The molecule has 0 aliphatic carbocycles. The molecule has 137 valence electrons. The SMILES string of the molecule is Cc1cc(C[CH]C(=O)N2CCN(C3CCOCC3)CC2)cc(C)c1O. The number of phenols is 1. The van der Waals surface area contributed by atoms with Crippen LogP contribution in [0.4, 0.5) is 0 Å². The van der Waals surface area contributed by atoms with Gasteiger partial charge in [-0.05, 0) is 49.8 Å². The van der Waals surface area contributed by atoms with Crippen molar-refractivity contribution in [1.82, 2.24) is 9.80 Å². The lowest BCUT2D eigenvalue weighted by Crippen LogP contribution is -2.53. The van der Waals surface area contributed by atoms with E-state index in [0.717, 1.165) is 68.9 Å². The summed E-state index contributed by atoms with van der Waals surface area (Å²) in [7, 11) is 0. The second kappa shape index (κ2) is 8.19. The summed E-state index contributed by atoms with van der Waals surface area (Å²) in [6.45, 7) is 9.04. The minimum absolute atomic E-state index is 0.120. The van der Waals surface area contributed by atoms with Crippen LogP contribution in [0.1, 0.15) is 29.5 Å². The van der Waals surface area contributed by atoms with Crippen LogP contribution in [-0.4, -0.2) is 66.2 Å². The van der Waals surface area contributed by atoms with E-state index < -0.39 is 0 Å². The van der Waals surface area contributed by atoms with E-state index in [1.165, 1.54) is 0 Å². The zero-order valence-electron chi connectivity index (χ0n) is 15.3. The molecule has 1 aromatic rings. The molecule has 25 heavy (non-hydrogen) atoms. The monoisotopic (exact) mass is 345 g/mol. The molecule has 2 fully saturated rings. The van der Waals surface area contributed by atoms with Crippen LogP contribution in [0.2, 0.25) is 0 Å². The van der Waals surface area contributed by atoms with Gasteiger partial charge in [-0.1, -0.05) is 12.1 Å². The highest BCUT2D eigenvalue weighted by Crippen LogP contribution is 2.23. The highest BCUT2D eigenvalue weighted by atomic mass is 16.5. The summed E-state index contributed by atoms with van der Waals surface area (Å²) in [5.74, 6) is 0.467. The van der Waals surface area contributed by atoms with Crippen LogP contribution >= 0.6 is 0 Å². The van der Waals surface area contributed by atoms with Crippen LogP contribution in [0.15, 0.2) is 12.1 Å². The third kappa shape index (κ3) is 4.53. The molecule has 0 spiro atoms. The van der Waals surface area contributed by atoms with E-state index >= 15 is 0 Å². The average Bonchev–Trinajstić information content (AvgIpc) is 2.65. The number of amides is 1. The van der Waals surface area contributed by atoms with Crippen LogP contribution in [0.25, 0.3) is 0 Å². The third-order valence-electron chi connectivity index (χ3n) is 5.40. The first-order chi connectivity index (χ1) is 12.0. The predicted molar refractivity (Wildman–Crippen MR) is 97.6 cm³/mol. The van der Waals surface area contributed by atoms with Crippen molar-refractivity contribution in [1.29, 1.82) is 0 Å². The molecule has 0 unspecified atom stereocenters. The summed E-state index contributed by atoms with van der Waals surface area (Å²) in [6.07, 6.45) is 4.61. The van der Waals surface area contributed by atoms with Crippen LogP contribution in [0, 0.1) is 20.3 Å². The second-order valence-corrected chi connectivity index (χ2v) is 7.19. The normalized spacial score (nSPS) is 20.0. The fraction of sp³-hybridized carbons (Fsp3) is 0.600. The number of rotatable bonds is 4. The Morgan fingerprint density at radius 1 is 1.16 bits per heavy atom. The Bertz CT molecular complexity index is 580. The molecule has 0 atom stereocenters. The van der Waals surface area contributed by atoms with Crippen molar-refractivity contribution in [3.63, 3.8) is 0 Å². The average molecular weight is 345 g/mol. The van der Waals surface area contributed by atoms with E-state index in [1.54, 1.807) is 6.42 Å². The van der Waals surface area contributed by atoms with Gasteiger partial charge in [0.1, 0.15) is 5.75 Å². The van der Waals surface area contributed by atoms with Crippen molar-refractivity contribution < 1.29 is 14.6 Å². The van der Waals surface area contributed by atoms with E-state index in [4.69, 9.17) is 4.74 Å². The first-order valence-corrected chi connectivity index (χ1v) is 9.27. The molecule has 0 aromatic heterocycles. The molecular weight excluding hydrogens is 316 g/mol. The summed E-state index contributed by atoms with van der Waals surface area (Å²) in [4.78, 5) is 16.9. The third-order valence-corrected chi connectivity index (χ3v) is 5.40. The predicted octanol–water partition coefficient (Wildman–Crippen LogP) is 2.08. The topological polar surface area (TPSA) is 53.0 Å². The zero-order valence-corrected chi connectivity index (χ0v) is 15.3. The largest absolute Gasteiger partial charge is 0.507 e. The van der Waals surface area contributed by atoms with Crippen LogP contribution < -0.4 is 0 Å². The highest BCUT2D eigenvalue weighted by molar-refractivity contribution is 5.85. The first-order valence-electron chi connectivity index (χ1n) is 9.27. The Morgan fingerprint density at radius 2 is 1.76 bits per heavy atom. The Hall–Kier alpha value is -1.59. The maximum atomic E-state index is 12.5. The molecule has 0 bridgehead atoms. The Balaban J connectivity index is 1.46. The number of ether oxygens (including phenoxy) is 1. The van der Waals surface area contributed by atoms with Gasteiger partial charge in [-0.3, -0.25) is 9.69 Å². The number of carbonyl (C=O) groups excluding carboxylic acids is 1. The molecule has 1 amide bonds. The molecule has 5 nitrogen and oxygen atoms in total. The van der Waals surface area contributed by atoms with Crippen molar-refractivity contribution in [3.05, 3.63) is 35.2 Å². The number of piperazine rings is 1. The van der Waals surface area contributed by atoms with Gasteiger partial charge in [-0.25, -0.2) is 0 Å². The van der Waals surface area contributed by atoms with E-state index in [0.29, 0.717) is 18.2 Å². The number of benzene rings is 1. The van der Waals surface area contributed by atoms with Gasteiger partial charge >= 0.3 is 0 Å². The Kier molecular flexibility index (Phi) is 5.97. The zero-order chi connectivity index (χ0) is 17.8. The molecule has 5 heteroatoms. The number of aryl methyl sites for hydroxylation is 2. The van der Waals surface area contributed by atoms with Gasteiger partial charge in [-0.2, -0.15) is 0 Å². The number of phenolic OH excluding ortho intramolecular Hbond substituents is 1. The molecule has 2 aliphatic rings. The van der Waals surface area contributed by atoms with Gasteiger partial charge in [0.15, 0.2) is 0 Å². The minimum Gasteiger partial charge on any atom is -0.507 e. The van der Waals surface area contributed by atoms with Crippen molar-refractivity contribution in [3.8, 4) is 5.75 Å². The highest BCUT2D eigenvalue weighted by Gasteiger charge is 2.27. The fourth-order valence-electron chi connectivity index (χ4n) is 3.86. The van der Waals surface area contributed by atoms with Crippen molar-refractivity contribution in [2.24, 2.45) is 0 Å². The summed E-state index contributed by atoms with van der Waals surface area (Å²) in [5.41, 5.74) is 2.80. The van der Waals surface area contributed by atoms with Gasteiger partial charge in [-0.15, -0.1) is 0 Å². The smallest absolute Gasteiger partial charge is 0.226 e. The number of hydrogen-bond acceptors (Lipinski definition) is 4. The summed E-state index contributed by atoms with van der Waals surface area (Å²) in [5, 5.41) is 9.85. The van der Waals surface area contributed by atoms with Gasteiger partial charge in [0.2, 0.25) is 5.91 Å². The summed E-state index contributed by atoms with van der Waals surface area (Å²) in [6, 6.07) is 4.53. The number of nitrogens with zero attached hydrogens (tertiary/aromatic N) is 2. The standard InChI is InChI=1S/C20H29N2O3/c1-15-13-17(14-16(2)20(15)24)3-4-19(23)22-9-7-21(8-10-22)18-5-11-25-12-6-18/h4,13-14,18,24H,3,5-12H2,1-2H3. The van der Waals surface area contributed by atoms with E-state index in [-0.39, 0.29) is 5.91 Å². The number of aromatic hydroxyl groups is 1. The maximum Gasteiger partial charge on any atom is 0.226 e. The van der Waals surface area contributed by atoms with E-state index in [9.17, 15) is 9.90 Å². The molecule has 2 aliphatic heterocycles. The lowest BCUT2D eigenvalue weighted by molar-refractivity contribution is -0.130. The van der Waals surface area contributed by atoms with Crippen LogP contribution in [0.5, 0.6) is 5.75 Å². The lowest BCUT2D eigenvalue weighted by Gasteiger charge is -2.40. The quantitative estimate of drug-likeness (QED) is 0.908. The molecule has 2 saturated heterocycles. The lowest BCUT2D eigenvalue weighted by atomic mass is 10.0. The van der Waals surface area contributed by atoms with E-state index in [1.807, 2.05) is 30.9 Å². The van der Waals surface area contributed by atoms with E-state index in [2.05, 4.69) is 4.90 Å². The molecule has 1 N–H and O–H groups in total. The van der Waals surface area contributed by atoms with Crippen LogP contribution in [0.3, 0.4) is 0 Å². The molecule has 0 saturated carbocycles. The van der Waals surface area contributed by atoms with Crippen molar-refractivity contribution in [2.45, 2.75) is 39.2 Å². The summed E-state index contributed by atoms with van der Waals surface area (Å²) >= 11 is 0. The fourth-order valence-corrected chi connectivity index (χ4v) is 3.86. The van der Waals surface area contributed by atoms with Crippen molar-refractivity contribution >= 4 is 5.91 Å². The van der Waals surface area contributed by atoms with Crippen molar-refractivity contribution in [2.75, 3.05) is 39.4 Å². The summed E-state index contributed by atoms with van der Waals surface area (Å²) < 4.78 is 5.44. The molecule has 2 heterocycles. The van der Waals surface area contributed by atoms with Gasteiger partial charge < -0.3 is 14.7 Å². The minimum atomic E-state index is 0.120. The molecule has 1 radical (unpaired) electrons. The maximum absolute atomic E-state index is 12.5. The Labute approximate surface area is 150 Å². The molecule has 1 aromatic carbocycles. The van der Waals surface area contributed by atoms with Gasteiger partial charge in [0, 0.05) is 45.4 Å². The molecule has 3 rings (SSSR count). The number of hydrogen-bond donors (Lipinski definition) is 1. The van der Waals surface area contributed by atoms with Gasteiger partial charge in [0.05, 0.1) is 6.42 Å². The van der Waals surface area contributed by atoms with Gasteiger partial charge in [0.25, 0.3) is 0 Å². The Morgan fingerprint density at radius 3 is 2.36 bits per heavy atom. The van der Waals surface area contributed by atoms with Crippen LogP contribution in [-0.2, 0) is 16.0 Å². The second-order valence-electron chi connectivity index (χ2n) is 7.19. The molecular formula is C20H29N2O3. The first kappa shape index (κ1) is 18.2.